The van der Waals surface area contributed by atoms with Crippen molar-refractivity contribution in [2.45, 2.75) is 302 Å². The number of unbranched alkanes of at least 4 members (excludes halogenated alkanes) is 2. The van der Waals surface area contributed by atoms with Crippen molar-refractivity contribution in [3.05, 3.63) is 29.8 Å². The summed E-state index contributed by atoms with van der Waals surface area (Å²) in [5.74, 6) is -22.2. The normalized spacial score (nSPS) is 15.4. The minimum absolute atomic E-state index is 0.0194. The molecule has 0 fully saturated rings. The molecule has 30 N–H and O–H groups in total. The number of carboxylic acid groups (broad SMARTS) is 2. The number of primary amides is 3. The van der Waals surface area contributed by atoms with Gasteiger partial charge in [-0.25, -0.2) is 0 Å². The molecule has 43 nitrogen and oxygen atoms in total. The van der Waals surface area contributed by atoms with Crippen molar-refractivity contribution in [2.24, 2.45) is 64.0 Å². The van der Waals surface area contributed by atoms with E-state index in [-0.39, 0.29) is 101 Å². The van der Waals surface area contributed by atoms with Crippen LogP contribution in [0.2, 0.25) is 0 Å². The van der Waals surface area contributed by atoms with E-state index in [9.17, 15) is 112 Å². The van der Waals surface area contributed by atoms with Gasteiger partial charge >= 0.3 is 11.9 Å². The number of carbonyl (C=O) groups is 19. The van der Waals surface area contributed by atoms with E-state index in [4.69, 9.17) is 34.4 Å². The summed E-state index contributed by atoms with van der Waals surface area (Å²) >= 11 is 1.45. The Kier molecular flexibility index (Phi) is 52.4. The summed E-state index contributed by atoms with van der Waals surface area (Å²) in [5, 5.41) is 75.3. The minimum Gasteiger partial charge on any atom is -0.508 e. The number of rotatable bonds is 63. The zero-order chi connectivity index (χ0) is 95.2. The average molecular weight is 1790 g/mol. The fourth-order valence-electron chi connectivity index (χ4n) is 12.7. The van der Waals surface area contributed by atoms with Gasteiger partial charge in [-0.05, 0) is 170 Å². The molecule has 0 unspecified atom stereocenters. The Morgan fingerprint density at radius 2 is 0.712 bits per heavy atom. The molecule has 1 aromatic rings. The summed E-state index contributed by atoms with van der Waals surface area (Å²) in [5.41, 5.74) is 34.4. The Labute approximate surface area is 733 Å². The molecule has 125 heavy (non-hydrogen) atoms. The largest absolute Gasteiger partial charge is 0.508 e. The standard InChI is InChI=1S/C81H138N20O23S/c1-14-44(10)65(80(123)99-58(37-47-21-23-48(103)24-22-47)76(119)96-59(38-62(86)105)77(120)95-55(34-41(4)5)75(118)94-54(33-40(2)3)73(116)90-51(19-15-17-30-82)70(113)89-50(67(87)110)26-28-63(106)107)100-79(122)57(36-43(8)9)93-72(115)53(25-27-61(85)104)92-78(121)60(39-64(108)109)97-71(114)52(20-16-18-31-83)91-74(117)56(35-42(6)7)98-81(124)66(46(12)102)101-68(111)45(11)88-69(112)49(84)29-32-125-13/h21-24,40-46,49-60,65-66,102-103H,14-20,25-39,82-84H2,1-13H3,(H2,85,104)(H2,86,105)(H2,87,110)(H,88,112)(H,89,113)(H,90,116)(H,91,117)(H,92,121)(H,93,115)(H,94,118)(H,95,120)(H,96,119)(H,97,114)(H,98,124)(H,99,123)(H,100,122)(H,101,111)(H,106,107)(H,108,109)/t44-,45-,46+,49-,50-,51-,52-,53-,54-,55-,56-,57-,58-,59-,60-,65-,66-/m0/s1. The summed E-state index contributed by atoms with van der Waals surface area (Å²) in [6.45, 7) is 19.6. The van der Waals surface area contributed by atoms with E-state index >= 15 is 0 Å². The number of benzene rings is 1. The third kappa shape index (κ3) is 44.5. The molecule has 1 aromatic carbocycles. The zero-order valence-corrected chi connectivity index (χ0v) is 74.7. The van der Waals surface area contributed by atoms with Gasteiger partial charge < -0.3 is 129 Å². The van der Waals surface area contributed by atoms with Gasteiger partial charge in [-0.1, -0.05) is 87.8 Å². The first-order valence-electron chi connectivity index (χ1n) is 42.1. The van der Waals surface area contributed by atoms with Crippen LogP contribution in [-0.4, -0.2) is 255 Å². The Morgan fingerprint density at radius 3 is 1.09 bits per heavy atom. The quantitative estimate of drug-likeness (QED) is 0.0274. The molecule has 1 rings (SSSR count). The fourth-order valence-corrected chi connectivity index (χ4v) is 13.2. The van der Waals surface area contributed by atoms with Gasteiger partial charge in [0, 0.05) is 19.3 Å². The zero-order valence-electron chi connectivity index (χ0n) is 73.9. The van der Waals surface area contributed by atoms with Gasteiger partial charge in [-0.15, -0.1) is 0 Å². The summed E-state index contributed by atoms with van der Waals surface area (Å²) in [6, 6.07) is -18.0. The van der Waals surface area contributed by atoms with Crippen LogP contribution in [-0.2, 0) is 97.5 Å². The molecular formula is C81H138N20O23S. The number of aliphatic hydroxyl groups excluding tert-OH is 1. The summed E-state index contributed by atoms with van der Waals surface area (Å²) in [6.07, 6.45) is -3.37. The lowest BCUT2D eigenvalue weighted by Gasteiger charge is -2.30. The second-order valence-corrected chi connectivity index (χ2v) is 33.9. The number of nitrogens with one attached hydrogen (secondary N) is 14. The van der Waals surface area contributed by atoms with Crippen molar-refractivity contribution in [2.75, 3.05) is 25.1 Å². The fraction of sp³-hybridized carbons (Fsp3) is 0.691. The number of hydrogen-bond acceptors (Lipinski definition) is 25. The van der Waals surface area contributed by atoms with Crippen LogP contribution in [0.25, 0.3) is 0 Å². The summed E-state index contributed by atoms with van der Waals surface area (Å²) in [7, 11) is 0. The minimum atomic E-state index is -2.05. The Hall–Kier alpha value is -10.9. The van der Waals surface area contributed by atoms with Crippen molar-refractivity contribution < 1.29 is 112 Å². The third-order valence-electron chi connectivity index (χ3n) is 19.8. The first kappa shape index (κ1) is 112. The number of carboxylic acids is 2. The van der Waals surface area contributed by atoms with E-state index in [1.54, 1.807) is 69.2 Å². The van der Waals surface area contributed by atoms with Crippen molar-refractivity contribution in [1.29, 1.82) is 0 Å². The number of phenols is 1. The van der Waals surface area contributed by atoms with Crippen LogP contribution in [0.3, 0.4) is 0 Å². The first-order valence-corrected chi connectivity index (χ1v) is 43.5. The number of hydrogen-bond donors (Lipinski definition) is 24. The molecular weight excluding hydrogens is 1650 g/mol. The van der Waals surface area contributed by atoms with Crippen LogP contribution in [0, 0.1) is 29.6 Å². The molecule has 0 bridgehead atoms. The lowest BCUT2D eigenvalue weighted by Crippen LogP contribution is -2.62. The van der Waals surface area contributed by atoms with Gasteiger partial charge in [-0.3, -0.25) is 91.1 Å². The molecule has 0 aliphatic rings. The van der Waals surface area contributed by atoms with Crippen molar-refractivity contribution in [3.8, 4) is 5.75 Å². The van der Waals surface area contributed by atoms with Crippen molar-refractivity contribution in [1.82, 2.24) is 74.4 Å². The number of aliphatic hydroxyl groups is 1. The van der Waals surface area contributed by atoms with Crippen LogP contribution in [0.15, 0.2) is 24.3 Å². The van der Waals surface area contributed by atoms with Crippen molar-refractivity contribution >= 4 is 124 Å². The van der Waals surface area contributed by atoms with Gasteiger partial charge in [0.15, 0.2) is 0 Å². The van der Waals surface area contributed by atoms with E-state index in [1.807, 2.05) is 6.26 Å². The van der Waals surface area contributed by atoms with E-state index in [1.165, 1.54) is 49.9 Å². The average Bonchev–Trinajstić information content (AvgIpc) is 0.840. The Morgan fingerprint density at radius 1 is 0.368 bits per heavy atom. The van der Waals surface area contributed by atoms with Crippen LogP contribution in [0.5, 0.6) is 5.75 Å². The van der Waals surface area contributed by atoms with Crippen LogP contribution < -0.4 is 109 Å². The molecule has 17 amide bonds. The number of amides is 17. The Bertz CT molecular complexity index is 3760. The smallest absolute Gasteiger partial charge is 0.305 e. The molecule has 0 aromatic heterocycles. The van der Waals surface area contributed by atoms with Gasteiger partial charge in [0.05, 0.1) is 25.0 Å². The molecule has 17 atom stereocenters. The van der Waals surface area contributed by atoms with E-state index < -0.39 is 259 Å². The number of phenolic OH excluding ortho intramolecular Hbond substituents is 1. The molecule has 0 aliphatic carbocycles. The molecule has 0 heterocycles. The SMILES string of the molecule is CC[C@H](C)[C@H](NC(=O)[C@H](CC(C)C)NC(=O)[C@H](CCC(N)=O)NC(=O)[C@H](CC(=O)O)NC(=O)[C@H](CCCCN)NC(=O)[C@H](CC(C)C)NC(=O)[C@@H](NC(=O)[C@H](C)NC(=O)[C@@H](N)CCSC)[C@@H](C)O)C(=O)N[C@@H](Cc1ccc(O)cc1)C(=O)N[C@@H](CC(N)=O)C(=O)N[C@@H](CC(C)C)C(=O)N[C@@H](CC(C)C)C(=O)N[C@@H](CCCCN)C(=O)N[C@@H](CCC(=O)O)C(N)=O. The maximum atomic E-state index is 14.9. The van der Waals surface area contributed by atoms with E-state index in [2.05, 4.69) is 74.4 Å². The summed E-state index contributed by atoms with van der Waals surface area (Å²) < 4.78 is 0. The number of carbonyl (C=O) groups excluding carboxylic acids is 17. The van der Waals surface area contributed by atoms with Crippen LogP contribution in [0.4, 0.5) is 0 Å². The number of aromatic hydroxyl groups is 1. The van der Waals surface area contributed by atoms with Crippen molar-refractivity contribution in [3.63, 3.8) is 0 Å². The molecule has 0 aliphatic heterocycles. The maximum absolute atomic E-state index is 14.9. The number of nitrogens with two attached hydrogens (primary N) is 6. The topological polar surface area (TPSA) is 730 Å². The summed E-state index contributed by atoms with van der Waals surface area (Å²) in [4.78, 5) is 261. The molecule has 0 saturated carbocycles. The highest BCUT2D eigenvalue weighted by Gasteiger charge is 2.41. The van der Waals surface area contributed by atoms with Crippen LogP contribution in [0.1, 0.15) is 204 Å². The molecule has 0 spiro atoms. The third-order valence-corrected chi connectivity index (χ3v) is 20.4. The molecule has 0 saturated heterocycles. The van der Waals surface area contributed by atoms with Crippen LogP contribution >= 0.6 is 11.8 Å². The second kappa shape index (κ2) is 58.4. The highest BCUT2D eigenvalue weighted by atomic mass is 32.2. The predicted octanol–water partition coefficient (Wildman–Crippen LogP) is -4.34. The van der Waals surface area contributed by atoms with E-state index in [0.717, 1.165) is 0 Å². The highest BCUT2D eigenvalue weighted by molar-refractivity contribution is 7.98. The Balaban J connectivity index is 3.84. The maximum Gasteiger partial charge on any atom is 0.305 e. The highest BCUT2D eigenvalue weighted by Crippen LogP contribution is 2.19. The van der Waals surface area contributed by atoms with Gasteiger partial charge in [0.25, 0.3) is 0 Å². The molecule has 706 valence electrons. The molecule has 44 heteroatoms. The number of aliphatic carboxylic acids is 2. The van der Waals surface area contributed by atoms with Gasteiger partial charge in [0.1, 0.15) is 90.3 Å². The van der Waals surface area contributed by atoms with E-state index in [0.29, 0.717) is 30.6 Å². The lowest BCUT2D eigenvalue weighted by molar-refractivity contribution is -0.142. The number of thioether (sulfide) groups is 1. The van der Waals surface area contributed by atoms with Gasteiger partial charge in [0.2, 0.25) is 100 Å². The first-order chi connectivity index (χ1) is 58.5. The lowest BCUT2D eigenvalue weighted by atomic mass is 9.95. The molecule has 0 radical (unpaired) electrons. The monoisotopic (exact) mass is 1790 g/mol. The second-order valence-electron chi connectivity index (χ2n) is 33.0. The predicted molar refractivity (Wildman–Crippen MR) is 461 cm³/mol. The van der Waals surface area contributed by atoms with Gasteiger partial charge in [-0.2, -0.15) is 11.8 Å².